The Morgan fingerprint density at radius 1 is 1.50 bits per heavy atom. The minimum absolute atomic E-state index is 0.0243. The van der Waals surface area contributed by atoms with E-state index in [0.29, 0.717) is 17.4 Å². The second kappa shape index (κ2) is 5.69. The van der Waals surface area contributed by atoms with Crippen molar-refractivity contribution in [2.24, 2.45) is 22.2 Å². The highest BCUT2D eigenvalue weighted by Gasteiger charge is 2.33. The van der Waals surface area contributed by atoms with Gasteiger partial charge >= 0.3 is 0 Å². The molecule has 0 bridgehead atoms. The van der Waals surface area contributed by atoms with Gasteiger partial charge in [-0.2, -0.15) is 0 Å². The summed E-state index contributed by atoms with van der Waals surface area (Å²) in [6.45, 7) is 6.78. The van der Waals surface area contributed by atoms with Gasteiger partial charge in [0.15, 0.2) is 5.84 Å². The highest BCUT2D eigenvalue weighted by atomic mass is 16.5. The van der Waals surface area contributed by atoms with Crippen LogP contribution in [0.3, 0.4) is 0 Å². The maximum absolute atomic E-state index is 8.82. The fourth-order valence-electron chi connectivity index (χ4n) is 3.24. The van der Waals surface area contributed by atoms with E-state index in [2.05, 4.69) is 30.9 Å². The van der Waals surface area contributed by atoms with E-state index >= 15 is 0 Å². The Morgan fingerprint density at radius 3 is 2.90 bits per heavy atom. The maximum atomic E-state index is 8.82. The molecule has 1 aromatic rings. The van der Waals surface area contributed by atoms with Gasteiger partial charge in [-0.3, -0.25) is 0 Å². The predicted molar refractivity (Wildman–Crippen MR) is 78.0 cm³/mol. The van der Waals surface area contributed by atoms with Crippen LogP contribution in [0.25, 0.3) is 0 Å². The first-order valence-electron chi connectivity index (χ1n) is 7.01. The molecule has 5 heteroatoms. The molecule has 1 fully saturated rings. The molecule has 5 nitrogen and oxygen atoms in total. The smallest absolute Gasteiger partial charge is 0.224 e. The van der Waals surface area contributed by atoms with Gasteiger partial charge in [0.05, 0.1) is 5.56 Å². The molecule has 1 aliphatic rings. The number of nitrogens with two attached hydrogens (primary N) is 1. The van der Waals surface area contributed by atoms with Crippen LogP contribution >= 0.6 is 0 Å². The third-order valence-electron chi connectivity index (χ3n) is 3.78. The summed E-state index contributed by atoms with van der Waals surface area (Å²) in [4.78, 5) is 4.22. The lowest BCUT2D eigenvalue weighted by atomic mass is 9.71. The molecule has 2 rings (SSSR count). The Balaban J connectivity index is 2.18. The summed E-state index contributed by atoms with van der Waals surface area (Å²) < 4.78 is 6.03. The highest BCUT2D eigenvalue weighted by Crippen LogP contribution is 2.40. The lowest BCUT2D eigenvalue weighted by molar-refractivity contribution is 0.0531. The van der Waals surface area contributed by atoms with Crippen molar-refractivity contribution in [1.82, 2.24) is 4.98 Å². The number of oxime groups is 1. The van der Waals surface area contributed by atoms with Crippen LogP contribution in [0.4, 0.5) is 0 Å². The van der Waals surface area contributed by atoms with Crippen LogP contribution in [0, 0.1) is 11.3 Å². The van der Waals surface area contributed by atoms with E-state index in [9.17, 15) is 0 Å². The van der Waals surface area contributed by atoms with Gasteiger partial charge in [-0.15, -0.1) is 0 Å². The van der Waals surface area contributed by atoms with Gasteiger partial charge in [0.2, 0.25) is 5.88 Å². The molecule has 0 amide bonds. The molecular weight excluding hydrogens is 254 g/mol. The van der Waals surface area contributed by atoms with Crippen molar-refractivity contribution in [3.8, 4) is 5.88 Å². The number of nitrogens with zero attached hydrogens (tertiary/aromatic N) is 2. The average molecular weight is 277 g/mol. The van der Waals surface area contributed by atoms with Crippen LogP contribution in [0.5, 0.6) is 5.88 Å². The molecule has 1 aromatic heterocycles. The van der Waals surface area contributed by atoms with Crippen molar-refractivity contribution in [3.63, 3.8) is 0 Å². The minimum atomic E-state index is 0.0243. The number of pyridine rings is 1. The summed E-state index contributed by atoms with van der Waals surface area (Å²) in [5.74, 6) is 1.09. The molecule has 3 N–H and O–H groups in total. The van der Waals surface area contributed by atoms with Crippen molar-refractivity contribution in [3.05, 3.63) is 23.9 Å². The standard InChI is InChI=1S/C15H23N3O2/c1-10-7-11(9-15(2,3)8-10)20-14-12(13(16)18-19)5-4-6-17-14/h4-6,10-11,19H,7-9H2,1-3H3,(H2,16,18). The highest BCUT2D eigenvalue weighted by molar-refractivity contribution is 5.98. The lowest BCUT2D eigenvalue weighted by Gasteiger charge is -2.38. The van der Waals surface area contributed by atoms with Crippen LogP contribution in [0.2, 0.25) is 0 Å². The van der Waals surface area contributed by atoms with Gasteiger partial charge in [-0.1, -0.05) is 25.9 Å². The van der Waals surface area contributed by atoms with E-state index in [1.165, 1.54) is 6.42 Å². The second-order valence-electron chi connectivity index (χ2n) is 6.49. The second-order valence-corrected chi connectivity index (χ2v) is 6.49. The van der Waals surface area contributed by atoms with Crippen molar-refractivity contribution < 1.29 is 9.94 Å². The van der Waals surface area contributed by atoms with E-state index in [0.717, 1.165) is 12.8 Å². The number of rotatable bonds is 3. The zero-order valence-corrected chi connectivity index (χ0v) is 12.3. The molecular formula is C15H23N3O2. The van der Waals surface area contributed by atoms with Gasteiger partial charge in [-0.05, 0) is 42.7 Å². The van der Waals surface area contributed by atoms with Crippen LogP contribution in [-0.2, 0) is 0 Å². The molecule has 0 radical (unpaired) electrons. The lowest BCUT2D eigenvalue weighted by Crippen LogP contribution is -2.35. The molecule has 2 unspecified atom stereocenters. The number of hydrogen-bond donors (Lipinski definition) is 2. The summed E-state index contributed by atoms with van der Waals surface area (Å²) in [6.07, 6.45) is 4.98. The molecule has 20 heavy (non-hydrogen) atoms. The monoisotopic (exact) mass is 277 g/mol. The zero-order chi connectivity index (χ0) is 14.8. The van der Waals surface area contributed by atoms with E-state index < -0.39 is 0 Å². The van der Waals surface area contributed by atoms with Crippen LogP contribution in [0.15, 0.2) is 23.5 Å². The van der Waals surface area contributed by atoms with Crippen LogP contribution < -0.4 is 10.5 Å². The Morgan fingerprint density at radius 2 is 2.25 bits per heavy atom. The third kappa shape index (κ3) is 3.40. The average Bonchev–Trinajstić information content (AvgIpc) is 2.36. The van der Waals surface area contributed by atoms with Crippen molar-refractivity contribution >= 4 is 5.84 Å². The first-order chi connectivity index (χ1) is 9.41. The number of aromatic nitrogens is 1. The van der Waals surface area contributed by atoms with E-state index in [4.69, 9.17) is 15.7 Å². The van der Waals surface area contributed by atoms with Crippen molar-refractivity contribution in [2.45, 2.75) is 46.1 Å². The van der Waals surface area contributed by atoms with Crippen molar-refractivity contribution in [2.75, 3.05) is 0 Å². The number of ether oxygens (including phenoxy) is 1. The Hall–Kier alpha value is -1.78. The van der Waals surface area contributed by atoms with Crippen LogP contribution in [-0.4, -0.2) is 22.1 Å². The first-order valence-corrected chi connectivity index (χ1v) is 7.01. The van der Waals surface area contributed by atoms with Gasteiger partial charge in [0.25, 0.3) is 0 Å². The minimum Gasteiger partial charge on any atom is -0.474 e. The third-order valence-corrected chi connectivity index (χ3v) is 3.78. The fourth-order valence-corrected chi connectivity index (χ4v) is 3.24. The molecule has 1 heterocycles. The predicted octanol–water partition coefficient (Wildman–Crippen LogP) is 2.77. The Bertz CT molecular complexity index is 500. The zero-order valence-electron chi connectivity index (χ0n) is 12.3. The van der Waals surface area contributed by atoms with E-state index in [1.807, 2.05) is 0 Å². The molecule has 2 atom stereocenters. The van der Waals surface area contributed by atoms with Crippen molar-refractivity contribution in [1.29, 1.82) is 0 Å². The van der Waals surface area contributed by atoms with E-state index in [-0.39, 0.29) is 17.4 Å². The van der Waals surface area contributed by atoms with E-state index in [1.54, 1.807) is 18.3 Å². The first kappa shape index (κ1) is 14.6. The topological polar surface area (TPSA) is 80.7 Å². The molecule has 0 aliphatic heterocycles. The maximum Gasteiger partial charge on any atom is 0.224 e. The summed E-state index contributed by atoms with van der Waals surface area (Å²) >= 11 is 0. The molecule has 1 aliphatic carbocycles. The molecule has 0 spiro atoms. The van der Waals surface area contributed by atoms with Gasteiger partial charge in [0, 0.05) is 6.20 Å². The summed E-state index contributed by atoms with van der Waals surface area (Å²) in [6, 6.07) is 3.49. The fraction of sp³-hybridized carbons (Fsp3) is 0.600. The summed E-state index contributed by atoms with van der Waals surface area (Å²) in [5, 5.41) is 11.9. The summed E-state index contributed by atoms with van der Waals surface area (Å²) in [7, 11) is 0. The molecule has 0 saturated heterocycles. The van der Waals surface area contributed by atoms with Crippen LogP contribution in [0.1, 0.15) is 45.6 Å². The van der Waals surface area contributed by atoms with Gasteiger partial charge < -0.3 is 15.7 Å². The molecule has 1 saturated carbocycles. The molecule has 110 valence electrons. The van der Waals surface area contributed by atoms with Gasteiger partial charge in [0.1, 0.15) is 6.10 Å². The largest absolute Gasteiger partial charge is 0.474 e. The number of hydrogen-bond acceptors (Lipinski definition) is 4. The van der Waals surface area contributed by atoms with Gasteiger partial charge in [-0.25, -0.2) is 4.98 Å². The Labute approximate surface area is 119 Å². The quantitative estimate of drug-likeness (QED) is 0.385. The normalized spacial score (nSPS) is 26.2. The summed E-state index contributed by atoms with van der Waals surface area (Å²) in [5.41, 5.74) is 6.47. The SMILES string of the molecule is CC1CC(Oc2ncccc2/C(N)=N/O)CC(C)(C)C1. The number of amidine groups is 1. The Kier molecular flexibility index (Phi) is 4.16. The molecule has 0 aromatic carbocycles.